The number of nitrogens with one attached hydrogen (secondary N) is 1. The molecule has 0 amide bonds. The summed E-state index contributed by atoms with van der Waals surface area (Å²) < 4.78 is 4.74. The first-order chi connectivity index (χ1) is 7.09. The molecule has 6 heteroatoms. The van der Waals surface area contributed by atoms with E-state index in [1.54, 1.807) is 6.07 Å². The van der Waals surface area contributed by atoms with E-state index in [0.29, 0.717) is 5.52 Å². The van der Waals surface area contributed by atoms with Crippen molar-refractivity contribution in [1.82, 2.24) is 4.98 Å². The average molecular weight is 209 g/mol. The van der Waals surface area contributed by atoms with E-state index in [0.717, 1.165) is 0 Å². The average Bonchev–Trinajstić information content (AvgIpc) is 2.56. The van der Waals surface area contributed by atoms with Gasteiger partial charge in [0.25, 0.3) is 0 Å². The number of rotatable bonds is 2. The highest BCUT2D eigenvalue weighted by Gasteiger charge is 2.20. The molecule has 1 aromatic heterocycles. The van der Waals surface area contributed by atoms with Gasteiger partial charge in [0.2, 0.25) is 0 Å². The standard InChI is InChI=1S/C9H7NO5/c11-6(8(12)13)4-2-1-3-5-7(4)15-9(14)10-5/h1-3,6,11H,(H,10,14)(H,12,13). The Kier molecular flexibility index (Phi) is 2.05. The van der Waals surface area contributed by atoms with Gasteiger partial charge in [0.15, 0.2) is 11.7 Å². The lowest BCUT2D eigenvalue weighted by molar-refractivity contribution is -0.146. The van der Waals surface area contributed by atoms with Crippen molar-refractivity contribution in [3.63, 3.8) is 0 Å². The molecule has 0 aliphatic rings. The van der Waals surface area contributed by atoms with Crippen molar-refractivity contribution in [2.24, 2.45) is 0 Å². The molecule has 0 aliphatic heterocycles. The summed E-state index contributed by atoms with van der Waals surface area (Å²) in [6, 6.07) is 4.46. The molecule has 0 bridgehead atoms. The number of carboxylic acid groups (broad SMARTS) is 1. The number of fused-ring (bicyclic) bond motifs is 1. The summed E-state index contributed by atoms with van der Waals surface area (Å²) in [5.74, 6) is -2.08. The van der Waals surface area contributed by atoms with Gasteiger partial charge >= 0.3 is 11.7 Å². The minimum absolute atomic E-state index is 0.0540. The molecule has 2 aromatic rings. The van der Waals surface area contributed by atoms with E-state index in [2.05, 4.69) is 4.98 Å². The van der Waals surface area contributed by atoms with Crippen molar-refractivity contribution in [2.45, 2.75) is 6.10 Å². The van der Waals surface area contributed by atoms with Crippen LogP contribution in [0.5, 0.6) is 0 Å². The Morgan fingerprint density at radius 2 is 2.20 bits per heavy atom. The maximum atomic E-state index is 10.9. The van der Waals surface area contributed by atoms with Crippen molar-refractivity contribution in [1.29, 1.82) is 0 Å². The van der Waals surface area contributed by atoms with Gasteiger partial charge in [-0.1, -0.05) is 12.1 Å². The predicted molar refractivity (Wildman–Crippen MR) is 49.4 cm³/mol. The first-order valence-electron chi connectivity index (χ1n) is 4.12. The van der Waals surface area contributed by atoms with Crippen molar-refractivity contribution < 1.29 is 19.4 Å². The summed E-state index contributed by atoms with van der Waals surface area (Å²) in [4.78, 5) is 23.8. The molecule has 1 atom stereocenters. The minimum atomic E-state index is -1.70. The largest absolute Gasteiger partial charge is 0.479 e. The van der Waals surface area contributed by atoms with Crippen molar-refractivity contribution >= 4 is 17.1 Å². The number of aliphatic carboxylic acids is 1. The third kappa shape index (κ3) is 1.50. The van der Waals surface area contributed by atoms with Crippen LogP contribution in [0.2, 0.25) is 0 Å². The van der Waals surface area contributed by atoms with Gasteiger partial charge in [-0.3, -0.25) is 4.98 Å². The Hall–Kier alpha value is -2.08. The summed E-state index contributed by atoms with van der Waals surface area (Å²) in [5, 5.41) is 18.0. The number of para-hydroxylation sites is 1. The van der Waals surface area contributed by atoms with E-state index in [-0.39, 0.29) is 11.1 Å². The molecule has 1 unspecified atom stereocenters. The van der Waals surface area contributed by atoms with Crippen molar-refractivity contribution in [3.8, 4) is 0 Å². The number of H-pyrrole nitrogens is 1. The lowest BCUT2D eigenvalue weighted by Crippen LogP contribution is -2.10. The Bertz CT molecular complexity index is 567. The van der Waals surface area contributed by atoms with E-state index in [4.69, 9.17) is 9.52 Å². The number of aliphatic hydroxyl groups is 1. The molecule has 0 saturated heterocycles. The highest BCUT2D eigenvalue weighted by atomic mass is 16.4. The van der Waals surface area contributed by atoms with Gasteiger partial charge < -0.3 is 14.6 Å². The molecule has 2 rings (SSSR count). The first-order valence-corrected chi connectivity index (χ1v) is 4.12. The van der Waals surface area contributed by atoms with E-state index >= 15 is 0 Å². The van der Waals surface area contributed by atoms with Crippen LogP contribution in [0.1, 0.15) is 11.7 Å². The number of hydrogen-bond donors (Lipinski definition) is 3. The Labute approximate surface area is 82.8 Å². The van der Waals surface area contributed by atoms with Crippen LogP contribution in [0, 0.1) is 0 Å². The maximum absolute atomic E-state index is 10.9. The summed E-state index contributed by atoms with van der Waals surface area (Å²) >= 11 is 0. The molecule has 0 fully saturated rings. The zero-order chi connectivity index (χ0) is 11.0. The second kappa shape index (κ2) is 3.25. The zero-order valence-corrected chi connectivity index (χ0v) is 7.43. The number of benzene rings is 1. The van der Waals surface area contributed by atoms with Gasteiger partial charge in [-0.05, 0) is 6.07 Å². The SMILES string of the molecule is O=C(O)C(O)c1cccc2[nH]c(=O)oc12. The van der Waals surface area contributed by atoms with Crippen molar-refractivity contribution in [2.75, 3.05) is 0 Å². The van der Waals surface area contributed by atoms with Gasteiger partial charge in [-0.2, -0.15) is 0 Å². The lowest BCUT2D eigenvalue weighted by Gasteiger charge is -2.04. The zero-order valence-electron chi connectivity index (χ0n) is 7.43. The molecule has 0 saturated carbocycles. The highest BCUT2D eigenvalue weighted by molar-refractivity contribution is 5.83. The Morgan fingerprint density at radius 1 is 1.47 bits per heavy atom. The normalized spacial score (nSPS) is 12.9. The third-order valence-corrected chi connectivity index (χ3v) is 2.01. The number of hydrogen-bond acceptors (Lipinski definition) is 4. The fourth-order valence-corrected chi connectivity index (χ4v) is 1.34. The number of aromatic amines is 1. The maximum Gasteiger partial charge on any atom is 0.417 e. The second-order valence-corrected chi connectivity index (χ2v) is 2.98. The van der Waals surface area contributed by atoms with Crippen LogP contribution in [-0.4, -0.2) is 21.2 Å². The monoisotopic (exact) mass is 209 g/mol. The van der Waals surface area contributed by atoms with Gasteiger partial charge in [-0.15, -0.1) is 0 Å². The number of carbonyl (C=O) groups is 1. The summed E-state index contributed by atoms with van der Waals surface area (Å²) in [6.07, 6.45) is -1.70. The number of aromatic nitrogens is 1. The Balaban J connectivity index is 2.70. The van der Waals surface area contributed by atoms with Gasteiger partial charge in [-0.25, -0.2) is 9.59 Å². The molecule has 1 aromatic carbocycles. The number of aliphatic hydroxyl groups excluding tert-OH is 1. The van der Waals surface area contributed by atoms with E-state index in [1.165, 1.54) is 12.1 Å². The van der Waals surface area contributed by atoms with Crippen LogP contribution in [0.3, 0.4) is 0 Å². The van der Waals surface area contributed by atoms with Gasteiger partial charge in [0, 0.05) is 5.56 Å². The molecule has 0 spiro atoms. The highest BCUT2D eigenvalue weighted by Crippen LogP contribution is 2.22. The van der Waals surface area contributed by atoms with Gasteiger partial charge in [0.1, 0.15) is 0 Å². The molecule has 6 nitrogen and oxygen atoms in total. The molecule has 15 heavy (non-hydrogen) atoms. The Morgan fingerprint density at radius 3 is 2.87 bits per heavy atom. The van der Waals surface area contributed by atoms with E-state index in [9.17, 15) is 14.7 Å². The van der Waals surface area contributed by atoms with Crippen LogP contribution in [-0.2, 0) is 4.79 Å². The van der Waals surface area contributed by atoms with Crippen LogP contribution in [0.25, 0.3) is 11.1 Å². The summed E-state index contributed by atoms with van der Waals surface area (Å²) in [5.41, 5.74) is 0.480. The molecule has 0 aliphatic carbocycles. The first kappa shape index (κ1) is 9.47. The number of carboxylic acids is 1. The van der Waals surface area contributed by atoms with Crippen LogP contribution in [0.4, 0.5) is 0 Å². The fraction of sp³-hybridized carbons (Fsp3) is 0.111. The summed E-state index contributed by atoms with van der Waals surface area (Å²) in [7, 11) is 0. The van der Waals surface area contributed by atoms with Crippen LogP contribution < -0.4 is 5.76 Å². The minimum Gasteiger partial charge on any atom is -0.479 e. The molecule has 0 radical (unpaired) electrons. The summed E-state index contributed by atoms with van der Waals surface area (Å²) in [6.45, 7) is 0. The lowest BCUT2D eigenvalue weighted by atomic mass is 10.1. The molecular formula is C9H7NO5. The molecule has 1 heterocycles. The van der Waals surface area contributed by atoms with Gasteiger partial charge in [0.05, 0.1) is 5.52 Å². The molecule has 78 valence electrons. The molecule has 3 N–H and O–H groups in total. The molecular weight excluding hydrogens is 202 g/mol. The number of oxazole rings is 1. The van der Waals surface area contributed by atoms with Crippen LogP contribution >= 0.6 is 0 Å². The van der Waals surface area contributed by atoms with Crippen LogP contribution in [0.15, 0.2) is 27.4 Å². The third-order valence-electron chi connectivity index (χ3n) is 2.01. The fourth-order valence-electron chi connectivity index (χ4n) is 1.34. The quantitative estimate of drug-likeness (QED) is 0.657. The second-order valence-electron chi connectivity index (χ2n) is 2.98. The predicted octanol–water partition coefficient (Wildman–Crippen LogP) is 0.239. The van der Waals surface area contributed by atoms with E-state index < -0.39 is 17.8 Å². The topological polar surface area (TPSA) is 104 Å². The van der Waals surface area contributed by atoms with E-state index in [1.807, 2.05) is 0 Å². The smallest absolute Gasteiger partial charge is 0.417 e. The van der Waals surface area contributed by atoms with Crippen molar-refractivity contribution in [3.05, 3.63) is 34.3 Å².